The van der Waals surface area contributed by atoms with E-state index in [0.717, 1.165) is 63.9 Å². The molecular weight excluding hydrogens is 408 g/mol. The molecule has 32 heavy (non-hydrogen) atoms. The molecule has 0 aliphatic carbocycles. The van der Waals surface area contributed by atoms with E-state index < -0.39 is 6.10 Å². The average molecular weight is 449 g/mol. The first-order chi connectivity index (χ1) is 15.5. The fourth-order valence-electron chi connectivity index (χ4n) is 4.62. The predicted molar refractivity (Wildman–Crippen MR) is 124 cm³/mol. The Morgan fingerprint density at radius 2 is 2.00 bits per heavy atom. The molecule has 2 heterocycles. The average Bonchev–Trinajstić information content (AvgIpc) is 2.82. The molecule has 2 aliphatic rings. The van der Waals surface area contributed by atoms with Crippen LogP contribution in [0.5, 0.6) is 5.75 Å². The summed E-state index contributed by atoms with van der Waals surface area (Å²) >= 11 is 0. The SMILES string of the molecule is COC(=O)C1CCN(CC(O)COc2cccc(CN(C)CCC3CCOCC3)c2)CC1. The van der Waals surface area contributed by atoms with Crippen LogP contribution in [0.15, 0.2) is 24.3 Å². The van der Waals surface area contributed by atoms with E-state index in [0.29, 0.717) is 6.54 Å². The van der Waals surface area contributed by atoms with Crippen molar-refractivity contribution in [2.45, 2.75) is 44.8 Å². The Labute approximate surface area is 192 Å². The quantitative estimate of drug-likeness (QED) is 0.522. The maximum atomic E-state index is 11.6. The topological polar surface area (TPSA) is 71.5 Å². The van der Waals surface area contributed by atoms with Crippen LogP contribution in [0.25, 0.3) is 0 Å². The lowest BCUT2D eigenvalue weighted by Crippen LogP contribution is -2.42. The molecular formula is C25H40N2O5. The van der Waals surface area contributed by atoms with Gasteiger partial charge in [0.05, 0.1) is 13.0 Å². The van der Waals surface area contributed by atoms with Crippen LogP contribution in [0.3, 0.4) is 0 Å². The van der Waals surface area contributed by atoms with E-state index >= 15 is 0 Å². The number of esters is 1. The summed E-state index contributed by atoms with van der Waals surface area (Å²) in [6.07, 6.45) is 4.59. The van der Waals surface area contributed by atoms with Crippen molar-refractivity contribution >= 4 is 5.97 Å². The number of carbonyl (C=O) groups excluding carboxylic acids is 1. The first-order valence-electron chi connectivity index (χ1n) is 12.0. The van der Waals surface area contributed by atoms with Crippen molar-refractivity contribution in [3.05, 3.63) is 29.8 Å². The van der Waals surface area contributed by atoms with Crippen molar-refractivity contribution in [3.63, 3.8) is 0 Å². The van der Waals surface area contributed by atoms with Gasteiger partial charge in [0, 0.05) is 26.3 Å². The summed E-state index contributed by atoms with van der Waals surface area (Å²) in [6, 6.07) is 8.15. The van der Waals surface area contributed by atoms with Gasteiger partial charge in [-0.1, -0.05) is 12.1 Å². The first-order valence-corrected chi connectivity index (χ1v) is 12.0. The summed E-state index contributed by atoms with van der Waals surface area (Å²) < 4.78 is 16.2. The van der Waals surface area contributed by atoms with Crippen LogP contribution in [-0.4, -0.2) is 87.1 Å². The number of ether oxygens (including phenoxy) is 3. The number of benzene rings is 1. The number of methoxy groups -OCH3 is 1. The number of nitrogens with zero attached hydrogens (tertiary/aromatic N) is 2. The minimum Gasteiger partial charge on any atom is -0.491 e. The van der Waals surface area contributed by atoms with Crippen LogP contribution >= 0.6 is 0 Å². The van der Waals surface area contributed by atoms with Gasteiger partial charge in [0.25, 0.3) is 0 Å². The molecule has 1 aromatic rings. The Balaban J connectivity index is 1.35. The lowest BCUT2D eigenvalue weighted by atomic mass is 9.96. The Hall–Kier alpha value is -1.67. The van der Waals surface area contributed by atoms with Crippen molar-refractivity contribution < 1.29 is 24.1 Å². The van der Waals surface area contributed by atoms with E-state index in [2.05, 4.69) is 29.0 Å². The number of hydrogen-bond donors (Lipinski definition) is 1. The third-order valence-corrected chi connectivity index (χ3v) is 6.64. The zero-order valence-corrected chi connectivity index (χ0v) is 19.7. The molecule has 180 valence electrons. The fourth-order valence-corrected chi connectivity index (χ4v) is 4.62. The standard InChI is InChI=1S/C25H40N2O5/c1-26(11-6-20-9-14-31-15-10-20)17-21-4-3-5-24(16-21)32-19-23(28)18-27-12-7-22(8-13-27)25(29)30-2/h3-5,16,20,22-23,28H,6-15,17-19H2,1-2H3. The van der Waals surface area contributed by atoms with E-state index in [1.165, 1.54) is 31.9 Å². The van der Waals surface area contributed by atoms with Crippen molar-refractivity contribution in [2.24, 2.45) is 11.8 Å². The maximum Gasteiger partial charge on any atom is 0.308 e. The number of piperidine rings is 1. The highest BCUT2D eigenvalue weighted by Crippen LogP contribution is 2.21. The molecule has 7 nitrogen and oxygen atoms in total. The van der Waals surface area contributed by atoms with Crippen molar-refractivity contribution in [1.29, 1.82) is 0 Å². The molecule has 1 aromatic carbocycles. The molecule has 2 saturated heterocycles. The summed E-state index contributed by atoms with van der Waals surface area (Å²) in [5.74, 6) is 1.45. The molecule has 0 spiro atoms. The van der Waals surface area contributed by atoms with E-state index in [1.54, 1.807) is 0 Å². The second kappa shape index (κ2) is 13.1. The van der Waals surface area contributed by atoms with E-state index in [4.69, 9.17) is 14.2 Å². The fraction of sp³-hybridized carbons (Fsp3) is 0.720. The molecule has 0 aromatic heterocycles. The Morgan fingerprint density at radius 3 is 2.72 bits per heavy atom. The Morgan fingerprint density at radius 1 is 1.25 bits per heavy atom. The van der Waals surface area contributed by atoms with Gasteiger partial charge >= 0.3 is 5.97 Å². The molecule has 2 aliphatic heterocycles. The minimum absolute atomic E-state index is 0.0119. The van der Waals surface area contributed by atoms with Crippen LogP contribution in [0.1, 0.15) is 37.7 Å². The second-order valence-corrected chi connectivity index (χ2v) is 9.29. The lowest BCUT2D eigenvalue weighted by Gasteiger charge is -2.31. The van der Waals surface area contributed by atoms with Gasteiger partial charge in [-0.15, -0.1) is 0 Å². The van der Waals surface area contributed by atoms with Crippen molar-refractivity contribution in [1.82, 2.24) is 9.80 Å². The number of aliphatic hydroxyl groups is 1. The number of likely N-dealkylation sites (tertiary alicyclic amines) is 1. The number of carbonyl (C=O) groups is 1. The Kier molecular flexibility index (Phi) is 10.2. The predicted octanol–water partition coefficient (Wildman–Crippen LogP) is 2.56. The van der Waals surface area contributed by atoms with E-state index in [-0.39, 0.29) is 18.5 Å². The lowest BCUT2D eigenvalue weighted by molar-refractivity contribution is -0.147. The number of aliphatic hydroxyl groups excluding tert-OH is 1. The highest BCUT2D eigenvalue weighted by molar-refractivity contribution is 5.72. The zero-order valence-electron chi connectivity index (χ0n) is 19.7. The molecule has 0 radical (unpaired) electrons. The number of rotatable bonds is 11. The summed E-state index contributed by atoms with van der Waals surface area (Å²) in [4.78, 5) is 16.2. The largest absolute Gasteiger partial charge is 0.491 e. The van der Waals surface area contributed by atoms with E-state index in [1.807, 2.05) is 12.1 Å². The third kappa shape index (κ3) is 8.35. The van der Waals surface area contributed by atoms with Gasteiger partial charge in [0.2, 0.25) is 0 Å². The summed E-state index contributed by atoms with van der Waals surface area (Å²) in [7, 11) is 3.61. The van der Waals surface area contributed by atoms with Crippen LogP contribution < -0.4 is 4.74 Å². The van der Waals surface area contributed by atoms with Gasteiger partial charge in [-0.3, -0.25) is 4.79 Å². The first kappa shape index (κ1) is 25.0. The van der Waals surface area contributed by atoms with Gasteiger partial charge in [-0.05, 0) is 82.4 Å². The molecule has 1 N–H and O–H groups in total. The van der Waals surface area contributed by atoms with Gasteiger partial charge in [-0.25, -0.2) is 0 Å². The summed E-state index contributed by atoms with van der Waals surface area (Å²) in [5, 5.41) is 10.4. The zero-order chi connectivity index (χ0) is 22.8. The molecule has 1 atom stereocenters. The van der Waals surface area contributed by atoms with E-state index in [9.17, 15) is 9.90 Å². The second-order valence-electron chi connectivity index (χ2n) is 9.29. The van der Waals surface area contributed by atoms with Gasteiger partial charge < -0.3 is 29.1 Å². The smallest absolute Gasteiger partial charge is 0.308 e. The monoisotopic (exact) mass is 448 g/mol. The maximum absolute atomic E-state index is 11.6. The highest BCUT2D eigenvalue weighted by Gasteiger charge is 2.26. The van der Waals surface area contributed by atoms with Crippen LogP contribution in [-0.2, 0) is 20.8 Å². The Bertz CT molecular complexity index is 687. The summed E-state index contributed by atoms with van der Waals surface area (Å²) in [5.41, 5.74) is 1.22. The van der Waals surface area contributed by atoms with Crippen LogP contribution in [0.4, 0.5) is 0 Å². The number of β-amino-alcohol motifs (C(OH)–C–C–N with tert-alkyl or cyclic N) is 1. The third-order valence-electron chi connectivity index (χ3n) is 6.64. The molecule has 0 amide bonds. The van der Waals surface area contributed by atoms with Crippen molar-refractivity contribution in [3.8, 4) is 5.75 Å². The summed E-state index contributed by atoms with van der Waals surface area (Å²) in [6.45, 7) is 6.21. The van der Waals surface area contributed by atoms with Gasteiger partial charge in [0.15, 0.2) is 0 Å². The molecule has 7 heteroatoms. The van der Waals surface area contributed by atoms with Gasteiger partial charge in [-0.2, -0.15) is 0 Å². The minimum atomic E-state index is -0.560. The molecule has 2 fully saturated rings. The van der Waals surface area contributed by atoms with Crippen molar-refractivity contribution in [2.75, 3.05) is 60.2 Å². The normalized spacial score (nSPS) is 19.8. The van der Waals surface area contributed by atoms with Crippen LogP contribution in [0.2, 0.25) is 0 Å². The molecule has 0 bridgehead atoms. The highest BCUT2D eigenvalue weighted by atomic mass is 16.5. The van der Waals surface area contributed by atoms with Gasteiger partial charge in [0.1, 0.15) is 18.5 Å². The van der Waals surface area contributed by atoms with Crippen LogP contribution in [0, 0.1) is 11.8 Å². The number of hydrogen-bond acceptors (Lipinski definition) is 7. The molecule has 3 rings (SSSR count). The molecule has 0 saturated carbocycles. The molecule has 1 unspecified atom stereocenters.